The van der Waals surface area contributed by atoms with Gasteiger partial charge in [0.05, 0.1) is 4.47 Å². The smallest absolute Gasteiger partial charge is 0.137 e. The fourth-order valence-corrected chi connectivity index (χ4v) is 5.51. The first-order valence-corrected chi connectivity index (χ1v) is 8.90. The predicted molar refractivity (Wildman–Crippen MR) is 83.9 cm³/mol. The van der Waals surface area contributed by atoms with Gasteiger partial charge in [0.2, 0.25) is 0 Å². The minimum Gasteiger partial charge on any atom is -0.326 e. The highest BCUT2D eigenvalue weighted by Crippen LogP contribution is 2.34. The molecule has 100 valence electrons. The molecule has 1 aliphatic rings. The Bertz CT molecular complexity index is 416. The largest absolute Gasteiger partial charge is 0.326 e. The van der Waals surface area contributed by atoms with Gasteiger partial charge in [-0.25, -0.2) is 4.39 Å². The van der Waals surface area contributed by atoms with Gasteiger partial charge in [-0.2, -0.15) is 23.5 Å². The maximum atomic E-state index is 13.5. The van der Waals surface area contributed by atoms with E-state index in [9.17, 15) is 4.39 Å². The summed E-state index contributed by atoms with van der Waals surface area (Å²) < 4.78 is 14.0. The molecule has 2 N–H and O–H groups in total. The Hall–Kier alpha value is 0.290. The Morgan fingerprint density at radius 1 is 1.44 bits per heavy atom. The highest BCUT2D eigenvalue weighted by molar-refractivity contribution is 9.10. The second-order valence-corrected chi connectivity index (χ2v) is 8.06. The zero-order valence-corrected chi connectivity index (χ0v) is 13.5. The first kappa shape index (κ1) is 14.7. The van der Waals surface area contributed by atoms with Gasteiger partial charge in [0.15, 0.2) is 0 Å². The second-order valence-electron chi connectivity index (χ2n) is 4.49. The summed E-state index contributed by atoms with van der Waals surface area (Å²) in [5.41, 5.74) is 7.28. The lowest BCUT2D eigenvalue weighted by molar-refractivity contribution is 0.600. The maximum Gasteiger partial charge on any atom is 0.137 e. The normalized spacial score (nSPS) is 26.0. The molecule has 0 saturated carbocycles. The monoisotopic (exact) mass is 349 g/mol. The van der Waals surface area contributed by atoms with Crippen molar-refractivity contribution >= 4 is 39.5 Å². The number of halogens is 2. The quantitative estimate of drug-likeness (QED) is 0.900. The van der Waals surface area contributed by atoms with Crippen LogP contribution in [0.15, 0.2) is 22.7 Å². The third-order valence-corrected chi connectivity index (χ3v) is 7.31. The summed E-state index contributed by atoms with van der Waals surface area (Å²) in [6.07, 6.45) is 0.723. The molecule has 0 radical (unpaired) electrons. The Kier molecular flexibility index (Phi) is 5.42. The average Bonchev–Trinajstić information content (AvgIpc) is 2.35. The van der Waals surface area contributed by atoms with Gasteiger partial charge in [0, 0.05) is 28.0 Å². The van der Waals surface area contributed by atoms with Gasteiger partial charge in [0.1, 0.15) is 5.82 Å². The summed E-state index contributed by atoms with van der Waals surface area (Å²) in [6.45, 7) is 2.24. The molecule has 1 nitrogen and oxygen atoms in total. The van der Waals surface area contributed by atoms with E-state index in [-0.39, 0.29) is 11.9 Å². The van der Waals surface area contributed by atoms with E-state index in [0.29, 0.717) is 15.0 Å². The highest BCUT2D eigenvalue weighted by Gasteiger charge is 2.28. The molecule has 5 heteroatoms. The van der Waals surface area contributed by atoms with Crippen LogP contribution in [0.3, 0.4) is 0 Å². The number of hydrogen-bond donors (Lipinski definition) is 1. The van der Waals surface area contributed by atoms with Crippen molar-refractivity contribution in [2.75, 3.05) is 11.5 Å². The van der Waals surface area contributed by atoms with Crippen molar-refractivity contribution in [2.24, 2.45) is 5.73 Å². The molecule has 0 amide bonds. The molecule has 2 rings (SSSR count). The summed E-state index contributed by atoms with van der Waals surface area (Å²) >= 11 is 7.24. The summed E-state index contributed by atoms with van der Waals surface area (Å²) in [7, 11) is 0. The van der Waals surface area contributed by atoms with Crippen molar-refractivity contribution in [1.29, 1.82) is 0 Å². The van der Waals surface area contributed by atoms with Gasteiger partial charge in [0.25, 0.3) is 0 Å². The van der Waals surface area contributed by atoms with Crippen LogP contribution in [-0.4, -0.2) is 28.0 Å². The van der Waals surface area contributed by atoms with Crippen LogP contribution < -0.4 is 5.73 Å². The van der Waals surface area contributed by atoms with Crippen LogP contribution >= 0.6 is 39.5 Å². The topological polar surface area (TPSA) is 26.0 Å². The molecule has 0 bridgehead atoms. The van der Waals surface area contributed by atoms with Crippen molar-refractivity contribution in [1.82, 2.24) is 0 Å². The molecule has 1 saturated heterocycles. The molecule has 18 heavy (non-hydrogen) atoms. The van der Waals surface area contributed by atoms with E-state index in [0.717, 1.165) is 17.7 Å². The Morgan fingerprint density at radius 2 is 2.17 bits per heavy atom. The minimum atomic E-state index is -0.210. The van der Waals surface area contributed by atoms with E-state index in [2.05, 4.69) is 22.9 Å². The maximum absolute atomic E-state index is 13.5. The predicted octanol–water partition coefficient (Wildman–Crippen LogP) is 3.70. The number of thioether (sulfide) groups is 2. The molecule has 0 aliphatic carbocycles. The average molecular weight is 350 g/mol. The summed E-state index contributed by atoms with van der Waals surface area (Å²) in [4.78, 5) is 0. The lowest BCUT2D eigenvalue weighted by atomic mass is 10.0. The lowest BCUT2D eigenvalue weighted by Crippen LogP contribution is -2.42. The molecular weight excluding hydrogens is 333 g/mol. The van der Waals surface area contributed by atoms with Crippen molar-refractivity contribution in [2.45, 2.75) is 29.9 Å². The second kappa shape index (κ2) is 6.64. The number of rotatable bonds is 3. The van der Waals surface area contributed by atoms with Crippen molar-refractivity contribution in [3.63, 3.8) is 0 Å². The first-order valence-electron chi connectivity index (χ1n) is 6.01. The molecule has 3 unspecified atom stereocenters. The SMILES string of the molecule is CC1SCCSC1C(N)Cc1cccc(F)c1Br. The zero-order chi connectivity index (χ0) is 13.1. The molecular formula is C13H17BrFNS2. The van der Waals surface area contributed by atoms with Gasteiger partial charge < -0.3 is 5.73 Å². The summed E-state index contributed by atoms with van der Waals surface area (Å²) in [6, 6.07) is 5.23. The molecule has 1 aromatic carbocycles. The standard InChI is InChI=1S/C13H17BrFNS2/c1-8-13(18-6-5-17-8)11(16)7-9-3-2-4-10(15)12(9)14/h2-4,8,11,13H,5-7,16H2,1H3. The Labute approximate surface area is 125 Å². The molecule has 1 fully saturated rings. The fraction of sp³-hybridized carbons (Fsp3) is 0.538. The molecule has 1 heterocycles. The van der Waals surface area contributed by atoms with Crippen LogP contribution in [-0.2, 0) is 6.42 Å². The van der Waals surface area contributed by atoms with E-state index in [1.54, 1.807) is 6.07 Å². The van der Waals surface area contributed by atoms with E-state index >= 15 is 0 Å². The molecule has 0 aromatic heterocycles. The van der Waals surface area contributed by atoms with E-state index in [1.165, 1.54) is 11.8 Å². The molecule has 3 atom stereocenters. The zero-order valence-electron chi connectivity index (χ0n) is 10.2. The minimum absolute atomic E-state index is 0.0795. The fourth-order valence-electron chi connectivity index (χ4n) is 2.20. The Morgan fingerprint density at radius 3 is 2.89 bits per heavy atom. The van der Waals surface area contributed by atoms with Gasteiger partial charge >= 0.3 is 0 Å². The van der Waals surface area contributed by atoms with Crippen molar-refractivity contribution in [3.05, 3.63) is 34.1 Å². The van der Waals surface area contributed by atoms with Crippen LogP contribution in [0.25, 0.3) is 0 Å². The molecule has 0 spiro atoms. The van der Waals surface area contributed by atoms with Crippen molar-refractivity contribution in [3.8, 4) is 0 Å². The van der Waals surface area contributed by atoms with Crippen LogP contribution in [0.1, 0.15) is 12.5 Å². The van der Waals surface area contributed by atoms with Crippen LogP contribution in [0.4, 0.5) is 4.39 Å². The van der Waals surface area contributed by atoms with Gasteiger partial charge in [-0.15, -0.1) is 0 Å². The van der Waals surface area contributed by atoms with Crippen LogP contribution in [0.5, 0.6) is 0 Å². The molecule has 1 aliphatic heterocycles. The van der Waals surface area contributed by atoms with Crippen molar-refractivity contribution < 1.29 is 4.39 Å². The van der Waals surface area contributed by atoms with E-state index in [1.807, 2.05) is 29.6 Å². The van der Waals surface area contributed by atoms with Gasteiger partial charge in [-0.05, 0) is 34.0 Å². The third kappa shape index (κ3) is 3.44. The number of nitrogens with two attached hydrogens (primary N) is 1. The summed E-state index contributed by atoms with van der Waals surface area (Å²) in [5.74, 6) is 2.16. The highest BCUT2D eigenvalue weighted by atomic mass is 79.9. The first-order chi connectivity index (χ1) is 8.59. The number of hydrogen-bond acceptors (Lipinski definition) is 3. The van der Waals surface area contributed by atoms with E-state index in [4.69, 9.17) is 5.73 Å². The van der Waals surface area contributed by atoms with E-state index < -0.39 is 0 Å². The third-order valence-electron chi connectivity index (χ3n) is 3.15. The number of benzene rings is 1. The Balaban J connectivity index is 2.06. The van der Waals surface area contributed by atoms with Gasteiger partial charge in [-0.3, -0.25) is 0 Å². The van der Waals surface area contributed by atoms with Crippen LogP contribution in [0, 0.1) is 5.82 Å². The summed E-state index contributed by atoms with van der Waals surface area (Å²) in [5, 5.41) is 1.03. The lowest BCUT2D eigenvalue weighted by Gasteiger charge is -2.32. The van der Waals surface area contributed by atoms with Crippen LogP contribution in [0.2, 0.25) is 0 Å². The molecule has 1 aromatic rings. The van der Waals surface area contributed by atoms with Gasteiger partial charge in [-0.1, -0.05) is 19.1 Å².